The zero-order valence-corrected chi connectivity index (χ0v) is 7.35. The molecule has 0 spiro atoms. The van der Waals surface area contributed by atoms with E-state index in [2.05, 4.69) is 6.92 Å². The van der Waals surface area contributed by atoms with Crippen LogP contribution in [0.25, 0.3) is 0 Å². The Morgan fingerprint density at radius 2 is 2.18 bits per heavy atom. The van der Waals surface area contributed by atoms with Crippen LogP contribution in [0.5, 0.6) is 0 Å². The van der Waals surface area contributed by atoms with Crippen LogP contribution in [0.2, 0.25) is 0 Å². The van der Waals surface area contributed by atoms with Gasteiger partial charge in [0.05, 0.1) is 5.54 Å². The van der Waals surface area contributed by atoms with Crippen molar-refractivity contribution < 1.29 is 4.42 Å². The highest BCUT2D eigenvalue weighted by molar-refractivity contribution is 5.13. The summed E-state index contributed by atoms with van der Waals surface area (Å²) in [5, 5.41) is 0. The number of nitrogens with two attached hydrogens (primary N) is 1. The Bertz CT molecular complexity index is 237. The molecule has 0 amide bonds. The maximum atomic E-state index is 5.96. The van der Waals surface area contributed by atoms with Crippen molar-refractivity contribution in [3.63, 3.8) is 0 Å². The fourth-order valence-corrected chi connectivity index (χ4v) is 0.916. The van der Waals surface area contributed by atoms with Gasteiger partial charge in [0.15, 0.2) is 0 Å². The summed E-state index contributed by atoms with van der Waals surface area (Å²) in [7, 11) is 0. The molecule has 0 aliphatic carbocycles. The normalized spacial score (nSPS) is 16.4. The molecule has 11 heavy (non-hydrogen) atoms. The molecule has 1 aromatic heterocycles. The first kappa shape index (κ1) is 8.34. The summed E-state index contributed by atoms with van der Waals surface area (Å²) in [6.07, 6.45) is 0.889. The second kappa shape index (κ2) is 2.70. The van der Waals surface area contributed by atoms with Crippen molar-refractivity contribution in [1.29, 1.82) is 0 Å². The van der Waals surface area contributed by atoms with Crippen LogP contribution in [0.3, 0.4) is 0 Å². The van der Waals surface area contributed by atoms with Gasteiger partial charge in [0.1, 0.15) is 11.5 Å². The fraction of sp³-hybridized carbons (Fsp3) is 0.556. The minimum atomic E-state index is -0.311. The van der Waals surface area contributed by atoms with Crippen LogP contribution in [0.4, 0.5) is 0 Å². The molecule has 2 N–H and O–H groups in total. The molecule has 0 bridgehead atoms. The van der Waals surface area contributed by atoms with Crippen molar-refractivity contribution in [3.05, 3.63) is 23.7 Å². The molecular weight excluding hydrogens is 138 g/mol. The number of furan rings is 1. The van der Waals surface area contributed by atoms with Gasteiger partial charge in [-0.05, 0) is 32.4 Å². The molecule has 1 atom stereocenters. The smallest absolute Gasteiger partial charge is 0.123 e. The topological polar surface area (TPSA) is 39.2 Å². The van der Waals surface area contributed by atoms with E-state index in [1.165, 1.54) is 0 Å². The molecule has 0 fully saturated rings. The number of aryl methyl sites for hydroxylation is 1. The molecule has 1 heterocycles. The van der Waals surface area contributed by atoms with Gasteiger partial charge < -0.3 is 10.2 Å². The molecule has 0 aliphatic heterocycles. The van der Waals surface area contributed by atoms with E-state index in [9.17, 15) is 0 Å². The van der Waals surface area contributed by atoms with Crippen molar-refractivity contribution in [2.75, 3.05) is 0 Å². The number of rotatable bonds is 2. The van der Waals surface area contributed by atoms with Crippen molar-refractivity contribution >= 4 is 0 Å². The van der Waals surface area contributed by atoms with E-state index in [0.29, 0.717) is 0 Å². The number of hydrogen-bond donors (Lipinski definition) is 1. The molecule has 0 radical (unpaired) electrons. The van der Waals surface area contributed by atoms with Gasteiger partial charge in [-0.25, -0.2) is 0 Å². The van der Waals surface area contributed by atoms with Gasteiger partial charge in [0.2, 0.25) is 0 Å². The third kappa shape index (κ3) is 1.63. The lowest BCUT2D eigenvalue weighted by Crippen LogP contribution is -2.31. The lowest BCUT2D eigenvalue weighted by atomic mass is 9.98. The van der Waals surface area contributed by atoms with Gasteiger partial charge in [-0.1, -0.05) is 6.92 Å². The highest BCUT2D eigenvalue weighted by Crippen LogP contribution is 2.22. The van der Waals surface area contributed by atoms with Crippen LogP contribution < -0.4 is 5.73 Å². The Balaban J connectivity index is 2.92. The first-order valence-electron chi connectivity index (χ1n) is 3.92. The van der Waals surface area contributed by atoms with E-state index in [1.54, 1.807) is 0 Å². The summed E-state index contributed by atoms with van der Waals surface area (Å²) in [5.41, 5.74) is 5.65. The van der Waals surface area contributed by atoms with E-state index >= 15 is 0 Å². The lowest BCUT2D eigenvalue weighted by Gasteiger charge is -2.19. The minimum absolute atomic E-state index is 0.311. The molecule has 0 saturated carbocycles. The van der Waals surface area contributed by atoms with Gasteiger partial charge in [-0.15, -0.1) is 0 Å². The Kier molecular flexibility index (Phi) is 2.05. The second-order valence-corrected chi connectivity index (χ2v) is 3.18. The SMILES string of the molecule is CCC(C)(N)c1ccc(C)o1. The lowest BCUT2D eigenvalue weighted by molar-refractivity contribution is 0.350. The number of hydrogen-bond acceptors (Lipinski definition) is 2. The maximum Gasteiger partial charge on any atom is 0.123 e. The van der Waals surface area contributed by atoms with Gasteiger partial charge >= 0.3 is 0 Å². The van der Waals surface area contributed by atoms with Crippen molar-refractivity contribution in [2.24, 2.45) is 5.73 Å². The highest BCUT2D eigenvalue weighted by atomic mass is 16.3. The minimum Gasteiger partial charge on any atom is -0.464 e. The predicted octanol–water partition coefficient (Wildman–Crippen LogP) is 2.17. The summed E-state index contributed by atoms with van der Waals surface area (Å²) >= 11 is 0. The summed E-state index contributed by atoms with van der Waals surface area (Å²) in [6.45, 7) is 5.96. The van der Waals surface area contributed by atoms with E-state index in [0.717, 1.165) is 17.9 Å². The summed E-state index contributed by atoms with van der Waals surface area (Å²) in [6, 6.07) is 3.88. The van der Waals surface area contributed by atoms with Crippen LogP contribution in [-0.4, -0.2) is 0 Å². The highest BCUT2D eigenvalue weighted by Gasteiger charge is 2.21. The van der Waals surface area contributed by atoms with E-state index in [4.69, 9.17) is 10.2 Å². The van der Waals surface area contributed by atoms with Gasteiger partial charge in [-0.3, -0.25) is 0 Å². The summed E-state index contributed by atoms with van der Waals surface area (Å²) in [5.74, 6) is 1.79. The monoisotopic (exact) mass is 153 g/mol. The quantitative estimate of drug-likeness (QED) is 0.707. The molecule has 0 aliphatic rings. The van der Waals surface area contributed by atoms with E-state index < -0.39 is 0 Å². The van der Waals surface area contributed by atoms with Crippen LogP contribution in [0.15, 0.2) is 16.5 Å². The molecular formula is C9H15NO. The Morgan fingerprint density at radius 3 is 2.55 bits per heavy atom. The van der Waals surface area contributed by atoms with Gasteiger partial charge in [0, 0.05) is 0 Å². The molecule has 1 rings (SSSR count). The largest absolute Gasteiger partial charge is 0.464 e. The molecule has 2 nitrogen and oxygen atoms in total. The van der Waals surface area contributed by atoms with Crippen molar-refractivity contribution in [3.8, 4) is 0 Å². The average molecular weight is 153 g/mol. The van der Waals surface area contributed by atoms with Crippen molar-refractivity contribution in [1.82, 2.24) is 0 Å². The first-order chi connectivity index (χ1) is 5.06. The zero-order valence-electron chi connectivity index (χ0n) is 7.35. The van der Waals surface area contributed by atoms with Gasteiger partial charge in [0.25, 0.3) is 0 Å². The fourth-order valence-electron chi connectivity index (χ4n) is 0.916. The summed E-state index contributed by atoms with van der Waals surface area (Å²) in [4.78, 5) is 0. The molecule has 1 aromatic rings. The average Bonchev–Trinajstić information content (AvgIpc) is 2.36. The van der Waals surface area contributed by atoms with E-state index in [-0.39, 0.29) is 5.54 Å². The van der Waals surface area contributed by atoms with Crippen LogP contribution >= 0.6 is 0 Å². The van der Waals surface area contributed by atoms with Crippen LogP contribution in [0, 0.1) is 6.92 Å². The molecule has 2 heteroatoms. The Hall–Kier alpha value is -0.760. The first-order valence-corrected chi connectivity index (χ1v) is 3.92. The van der Waals surface area contributed by atoms with Crippen LogP contribution in [0.1, 0.15) is 31.8 Å². The second-order valence-electron chi connectivity index (χ2n) is 3.18. The predicted molar refractivity (Wildman–Crippen MR) is 45.3 cm³/mol. The molecule has 0 saturated heterocycles. The third-order valence-electron chi connectivity index (χ3n) is 2.04. The van der Waals surface area contributed by atoms with Crippen molar-refractivity contribution in [2.45, 2.75) is 32.7 Å². The zero-order chi connectivity index (χ0) is 8.48. The van der Waals surface area contributed by atoms with Crippen LogP contribution in [-0.2, 0) is 5.54 Å². The molecule has 0 aromatic carbocycles. The van der Waals surface area contributed by atoms with Gasteiger partial charge in [-0.2, -0.15) is 0 Å². The molecule has 1 unspecified atom stereocenters. The summed E-state index contributed by atoms with van der Waals surface area (Å²) < 4.78 is 5.41. The third-order valence-corrected chi connectivity index (χ3v) is 2.04. The van der Waals surface area contributed by atoms with E-state index in [1.807, 2.05) is 26.0 Å². The maximum absolute atomic E-state index is 5.96. The Labute approximate surface area is 67.4 Å². The Morgan fingerprint density at radius 1 is 1.55 bits per heavy atom. The molecule has 62 valence electrons. The standard InChI is InChI=1S/C9H15NO/c1-4-9(3,10)8-6-5-7(2)11-8/h5-6H,4,10H2,1-3H3.